The summed E-state index contributed by atoms with van der Waals surface area (Å²) in [5.74, 6) is 1.29. The summed E-state index contributed by atoms with van der Waals surface area (Å²) in [6.07, 6.45) is -0.684. The van der Waals surface area contributed by atoms with Gasteiger partial charge in [-0.1, -0.05) is 23.7 Å². The lowest BCUT2D eigenvalue weighted by Gasteiger charge is -2.13. The van der Waals surface area contributed by atoms with Crippen molar-refractivity contribution < 1.29 is 9.84 Å². The van der Waals surface area contributed by atoms with Crippen LogP contribution in [0.5, 0.6) is 5.75 Å². The van der Waals surface area contributed by atoms with Gasteiger partial charge in [-0.2, -0.15) is 4.98 Å². The van der Waals surface area contributed by atoms with E-state index in [1.54, 1.807) is 37.4 Å². The highest BCUT2D eigenvalue weighted by atomic mass is 35.5. The number of halogens is 1. The summed E-state index contributed by atoms with van der Waals surface area (Å²) in [7, 11) is 1.59. The summed E-state index contributed by atoms with van der Waals surface area (Å²) in [6, 6.07) is 8.72. The molecule has 1 heterocycles. The Hall–Kier alpha value is -2.05. The number of anilines is 2. The summed E-state index contributed by atoms with van der Waals surface area (Å²) in [5.41, 5.74) is 6.26. The molecule has 4 N–H and O–H groups in total. The molecule has 2 aromatic rings. The maximum atomic E-state index is 10.1. The van der Waals surface area contributed by atoms with Gasteiger partial charge in [0, 0.05) is 12.6 Å². The fourth-order valence-electron chi connectivity index (χ4n) is 1.67. The molecule has 20 heavy (non-hydrogen) atoms. The second-order valence-electron chi connectivity index (χ2n) is 4.10. The first kappa shape index (κ1) is 14.4. The molecule has 6 nitrogen and oxygen atoms in total. The largest absolute Gasteiger partial charge is 0.497 e. The quantitative estimate of drug-likeness (QED) is 0.729. The van der Waals surface area contributed by atoms with Crippen LogP contribution in [0.25, 0.3) is 0 Å². The molecule has 2 rings (SSSR count). The van der Waals surface area contributed by atoms with Crippen molar-refractivity contribution in [2.24, 2.45) is 0 Å². The van der Waals surface area contributed by atoms with Crippen LogP contribution in [0.1, 0.15) is 11.7 Å². The van der Waals surface area contributed by atoms with Crippen molar-refractivity contribution in [3.63, 3.8) is 0 Å². The smallest absolute Gasteiger partial charge is 0.223 e. The van der Waals surface area contributed by atoms with Crippen LogP contribution in [0.4, 0.5) is 11.8 Å². The van der Waals surface area contributed by atoms with Crippen LogP contribution in [-0.4, -0.2) is 28.7 Å². The van der Waals surface area contributed by atoms with Gasteiger partial charge in [0.05, 0.1) is 13.2 Å². The van der Waals surface area contributed by atoms with Gasteiger partial charge >= 0.3 is 0 Å². The van der Waals surface area contributed by atoms with Crippen molar-refractivity contribution >= 4 is 23.4 Å². The number of nitrogens with zero attached hydrogens (tertiary/aromatic N) is 2. The van der Waals surface area contributed by atoms with Crippen LogP contribution in [0.15, 0.2) is 30.3 Å². The zero-order valence-corrected chi connectivity index (χ0v) is 11.6. The molecule has 0 amide bonds. The van der Waals surface area contributed by atoms with Crippen molar-refractivity contribution in [3.05, 3.63) is 41.0 Å². The Labute approximate surface area is 121 Å². The summed E-state index contributed by atoms with van der Waals surface area (Å²) >= 11 is 5.77. The number of aromatic nitrogens is 2. The van der Waals surface area contributed by atoms with Crippen LogP contribution in [0.3, 0.4) is 0 Å². The van der Waals surface area contributed by atoms with Crippen molar-refractivity contribution in [1.29, 1.82) is 0 Å². The molecule has 0 aliphatic rings. The number of aliphatic hydroxyl groups excluding tert-OH is 1. The third-order valence-corrected chi connectivity index (χ3v) is 2.88. The number of hydrogen-bond donors (Lipinski definition) is 3. The van der Waals surface area contributed by atoms with E-state index in [1.807, 2.05) is 0 Å². The first-order valence-corrected chi connectivity index (χ1v) is 6.32. The van der Waals surface area contributed by atoms with E-state index in [4.69, 9.17) is 22.1 Å². The normalized spacial score (nSPS) is 11.9. The van der Waals surface area contributed by atoms with Gasteiger partial charge in [0.25, 0.3) is 0 Å². The molecule has 0 radical (unpaired) electrons. The maximum Gasteiger partial charge on any atom is 0.223 e. The molecule has 0 fully saturated rings. The van der Waals surface area contributed by atoms with E-state index in [2.05, 4.69) is 15.3 Å². The summed E-state index contributed by atoms with van der Waals surface area (Å²) < 4.78 is 5.06. The standard InChI is InChI=1S/C13H15ClN4O2/c1-20-9-4-2-8(3-5-9)10(19)7-16-12-6-11(14)17-13(15)18-12/h2-6,10,19H,7H2,1H3,(H3,15,16,17,18)/t10-/m0/s1. The van der Waals surface area contributed by atoms with Crippen molar-refractivity contribution in [2.45, 2.75) is 6.10 Å². The number of nitrogens with one attached hydrogen (secondary N) is 1. The molecule has 1 aromatic heterocycles. The van der Waals surface area contributed by atoms with Gasteiger partial charge in [-0.05, 0) is 17.7 Å². The Morgan fingerprint density at radius 2 is 2.05 bits per heavy atom. The van der Waals surface area contributed by atoms with E-state index in [9.17, 15) is 5.11 Å². The van der Waals surface area contributed by atoms with E-state index < -0.39 is 6.10 Å². The highest BCUT2D eigenvalue weighted by Gasteiger charge is 2.08. The van der Waals surface area contributed by atoms with Crippen LogP contribution in [0.2, 0.25) is 5.15 Å². The van der Waals surface area contributed by atoms with E-state index in [0.717, 1.165) is 11.3 Å². The number of ether oxygens (including phenoxy) is 1. The van der Waals surface area contributed by atoms with E-state index in [1.165, 1.54) is 0 Å². The first-order valence-electron chi connectivity index (χ1n) is 5.94. The lowest BCUT2D eigenvalue weighted by Crippen LogP contribution is -2.13. The van der Waals surface area contributed by atoms with Gasteiger partial charge in [-0.25, -0.2) is 4.98 Å². The average molecular weight is 295 g/mol. The Morgan fingerprint density at radius 1 is 1.35 bits per heavy atom. The molecule has 1 atom stereocenters. The van der Waals surface area contributed by atoms with Crippen molar-refractivity contribution in [1.82, 2.24) is 9.97 Å². The second kappa shape index (κ2) is 6.40. The number of nitrogen functional groups attached to an aromatic ring is 1. The second-order valence-corrected chi connectivity index (χ2v) is 4.49. The number of methoxy groups -OCH3 is 1. The summed E-state index contributed by atoms with van der Waals surface area (Å²) in [5, 5.41) is 13.3. The molecule has 0 spiro atoms. The minimum absolute atomic E-state index is 0.0823. The van der Waals surface area contributed by atoms with Crippen molar-refractivity contribution in [2.75, 3.05) is 24.7 Å². The predicted octanol–water partition coefficient (Wildman–Crippen LogP) is 1.87. The molecule has 7 heteroatoms. The molecule has 0 aliphatic carbocycles. The number of rotatable bonds is 5. The van der Waals surface area contributed by atoms with Crippen LogP contribution >= 0.6 is 11.6 Å². The predicted molar refractivity (Wildman–Crippen MR) is 77.9 cm³/mol. The minimum atomic E-state index is -0.684. The highest BCUT2D eigenvalue weighted by molar-refractivity contribution is 6.29. The van der Waals surface area contributed by atoms with E-state index >= 15 is 0 Å². The first-order chi connectivity index (χ1) is 9.58. The molecule has 0 saturated heterocycles. The van der Waals surface area contributed by atoms with Gasteiger partial charge < -0.3 is 20.9 Å². The molecule has 1 aromatic carbocycles. The topological polar surface area (TPSA) is 93.3 Å². The van der Waals surface area contributed by atoms with Crippen LogP contribution in [-0.2, 0) is 0 Å². The molecule has 0 bridgehead atoms. The lowest BCUT2D eigenvalue weighted by atomic mass is 10.1. The summed E-state index contributed by atoms with van der Waals surface area (Å²) in [6.45, 7) is 0.277. The Balaban J connectivity index is 1.98. The molecular formula is C13H15ClN4O2. The van der Waals surface area contributed by atoms with Gasteiger partial charge in [0.2, 0.25) is 5.95 Å². The Morgan fingerprint density at radius 3 is 2.65 bits per heavy atom. The number of aliphatic hydroxyl groups is 1. The molecule has 0 aliphatic heterocycles. The third-order valence-electron chi connectivity index (χ3n) is 2.69. The fraction of sp³-hybridized carbons (Fsp3) is 0.231. The molecule has 0 unspecified atom stereocenters. The van der Waals surface area contributed by atoms with Gasteiger partial charge in [-0.3, -0.25) is 0 Å². The zero-order chi connectivity index (χ0) is 14.5. The SMILES string of the molecule is COc1ccc([C@@H](O)CNc2cc(Cl)nc(N)n2)cc1. The van der Waals surface area contributed by atoms with Crippen LogP contribution in [0, 0.1) is 0 Å². The van der Waals surface area contributed by atoms with E-state index in [-0.39, 0.29) is 17.6 Å². The zero-order valence-electron chi connectivity index (χ0n) is 10.9. The van der Waals surface area contributed by atoms with Crippen LogP contribution < -0.4 is 15.8 Å². The maximum absolute atomic E-state index is 10.1. The third kappa shape index (κ3) is 3.72. The number of hydrogen-bond acceptors (Lipinski definition) is 6. The lowest BCUT2D eigenvalue weighted by molar-refractivity contribution is 0.191. The minimum Gasteiger partial charge on any atom is -0.497 e. The Kier molecular flexibility index (Phi) is 4.60. The monoisotopic (exact) mass is 294 g/mol. The molecular weight excluding hydrogens is 280 g/mol. The highest BCUT2D eigenvalue weighted by Crippen LogP contribution is 2.19. The molecule has 106 valence electrons. The van der Waals surface area contributed by atoms with Crippen molar-refractivity contribution in [3.8, 4) is 5.75 Å². The van der Waals surface area contributed by atoms with E-state index in [0.29, 0.717) is 5.82 Å². The number of nitrogens with two attached hydrogens (primary N) is 1. The van der Waals surface area contributed by atoms with Gasteiger partial charge in [0.1, 0.15) is 16.7 Å². The summed E-state index contributed by atoms with van der Waals surface area (Å²) in [4.78, 5) is 7.72. The number of benzene rings is 1. The molecule has 0 saturated carbocycles. The Bertz CT molecular complexity index is 557. The average Bonchev–Trinajstić information content (AvgIpc) is 2.44. The fourth-order valence-corrected chi connectivity index (χ4v) is 1.86. The van der Waals surface area contributed by atoms with Gasteiger partial charge in [-0.15, -0.1) is 0 Å². The van der Waals surface area contributed by atoms with Gasteiger partial charge in [0.15, 0.2) is 0 Å².